The summed E-state index contributed by atoms with van der Waals surface area (Å²) in [6.07, 6.45) is -1.84. The summed E-state index contributed by atoms with van der Waals surface area (Å²) >= 11 is 0. The lowest BCUT2D eigenvalue weighted by molar-refractivity contribution is -0.164. The quantitative estimate of drug-likeness (QED) is 0.528. The number of ether oxygens (including phenoxy) is 2. The molecule has 8 nitrogen and oxygen atoms in total. The van der Waals surface area contributed by atoms with Crippen LogP contribution in [0.5, 0.6) is 0 Å². The molecular formula is C23H24F2N2O6. The molecule has 0 saturated carbocycles. The maximum Gasteiger partial charge on any atom is 0.407 e. The lowest BCUT2D eigenvalue weighted by atomic mass is 9.98. The molecule has 0 aromatic heterocycles. The number of hydrogen-bond donors (Lipinski definition) is 3. The fraction of sp³-hybridized carbons (Fsp3) is 0.348. The molecule has 0 spiro atoms. The smallest absolute Gasteiger partial charge is 0.407 e. The maximum absolute atomic E-state index is 13.3. The van der Waals surface area contributed by atoms with E-state index in [2.05, 4.69) is 5.32 Å². The number of hydrogen-bond acceptors (Lipinski definition) is 5. The Balaban J connectivity index is 1.65. The summed E-state index contributed by atoms with van der Waals surface area (Å²) in [5.41, 5.74) is 4.10. The van der Waals surface area contributed by atoms with Gasteiger partial charge in [-0.1, -0.05) is 48.5 Å². The van der Waals surface area contributed by atoms with Crippen LogP contribution in [0.4, 0.5) is 13.6 Å². The zero-order chi connectivity index (χ0) is 24.2. The molecule has 0 radical (unpaired) electrons. The van der Waals surface area contributed by atoms with Crippen molar-refractivity contribution in [1.82, 2.24) is 10.6 Å². The first-order valence-corrected chi connectivity index (χ1v) is 10.2. The first-order chi connectivity index (χ1) is 15.7. The Morgan fingerprint density at radius 2 is 1.61 bits per heavy atom. The number of carbonyl (C=O) groups is 3. The lowest BCUT2D eigenvalue weighted by Gasteiger charge is -2.24. The number of aliphatic carboxylic acids is 1. The predicted octanol–water partition coefficient (Wildman–Crippen LogP) is 2.76. The van der Waals surface area contributed by atoms with E-state index in [1.165, 1.54) is 14.0 Å². The van der Waals surface area contributed by atoms with E-state index in [-0.39, 0.29) is 12.5 Å². The molecule has 0 unspecified atom stereocenters. The third-order valence-corrected chi connectivity index (χ3v) is 5.54. The largest absolute Gasteiger partial charge is 0.477 e. The fourth-order valence-electron chi connectivity index (χ4n) is 3.68. The Morgan fingerprint density at radius 3 is 2.12 bits per heavy atom. The number of carboxylic acids is 1. The lowest BCUT2D eigenvalue weighted by Crippen LogP contribution is -2.55. The summed E-state index contributed by atoms with van der Waals surface area (Å²) < 4.78 is 37.0. The highest BCUT2D eigenvalue weighted by Crippen LogP contribution is 2.44. The van der Waals surface area contributed by atoms with E-state index in [1.54, 1.807) is 0 Å². The van der Waals surface area contributed by atoms with Gasteiger partial charge in [0.05, 0.1) is 12.6 Å². The summed E-state index contributed by atoms with van der Waals surface area (Å²) in [7, 11) is 1.27. The van der Waals surface area contributed by atoms with Crippen LogP contribution in [0.1, 0.15) is 24.0 Å². The molecule has 2 amide bonds. The van der Waals surface area contributed by atoms with Crippen LogP contribution in [0, 0.1) is 0 Å². The minimum atomic E-state index is -4.15. The van der Waals surface area contributed by atoms with Crippen molar-refractivity contribution >= 4 is 18.0 Å². The second-order valence-corrected chi connectivity index (χ2v) is 7.62. The molecule has 3 N–H and O–H groups in total. The third kappa shape index (κ3) is 5.28. The van der Waals surface area contributed by atoms with E-state index in [1.807, 2.05) is 53.8 Å². The molecule has 0 aliphatic heterocycles. The predicted molar refractivity (Wildman–Crippen MR) is 114 cm³/mol. The van der Waals surface area contributed by atoms with Crippen LogP contribution in [0.25, 0.3) is 11.1 Å². The molecule has 0 saturated heterocycles. The summed E-state index contributed by atoms with van der Waals surface area (Å²) in [5, 5.41) is 12.6. The van der Waals surface area contributed by atoms with E-state index >= 15 is 0 Å². The second-order valence-electron chi connectivity index (χ2n) is 7.62. The van der Waals surface area contributed by atoms with Gasteiger partial charge in [0.15, 0.2) is 0 Å². The van der Waals surface area contributed by atoms with Gasteiger partial charge in [0.2, 0.25) is 5.91 Å². The van der Waals surface area contributed by atoms with Crippen LogP contribution in [-0.2, 0) is 19.1 Å². The van der Waals surface area contributed by atoms with Crippen molar-refractivity contribution < 1.29 is 37.7 Å². The van der Waals surface area contributed by atoms with Gasteiger partial charge in [-0.15, -0.1) is 0 Å². The first-order valence-electron chi connectivity index (χ1n) is 10.2. The highest BCUT2D eigenvalue weighted by Gasteiger charge is 2.40. The van der Waals surface area contributed by atoms with E-state index < -0.39 is 42.6 Å². The Hall–Kier alpha value is -3.53. The second kappa shape index (κ2) is 9.95. The SMILES string of the molecule is CO[C@H](C)[C@H](NC(=O)OCC1c2ccccc2-c2ccccc21)C(=O)NCC(F)(F)C(=O)O. The van der Waals surface area contributed by atoms with Gasteiger partial charge in [0.1, 0.15) is 12.6 Å². The third-order valence-electron chi connectivity index (χ3n) is 5.54. The number of alkyl carbamates (subject to hydrolysis) is 1. The molecule has 0 fully saturated rings. The maximum atomic E-state index is 13.3. The highest BCUT2D eigenvalue weighted by molar-refractivity contribution is 5.87. The molecule has 2 aromatic carbocycles. The first kappa shape index (κ1) is 24.1. The van der Waals surface area contributed by atoms with Gasteiger partial charge in [-0.2, -0.15) is 8.78 Å². The van der Waals surface area contributed by atoms with Gasteiger partial charge in [-0.25, -0.2) is 9.59 Å². The molecule has 1 aliphatic carbocycles. The number of alkyl halides is 2. The molecule has 2 aromatic rings. The number of carbonyl (C=O) groups excluding carboxylic acids is 2. The van der Waals surface area contributed by atoms with E-state index in [0.29, 0.717) is 0 Å². The number of rotatable bonds is 9. The topological polar surface area (TPSA) is 114 Å². The summed E-state index contributed by atoms with van der Waals surface area (Å²) in [5.74, 6) is -7.76. The standard InChI is InChI=1S/C23H24F2N2O6/c1-13(32-2)19(20(28)26-12-23(24,25)21(29)30)27-22(31)33-11-18-16-9-5-3-7-14(16)15-8-4-6-10-17(15)18/h3-10,13,18-19H,11-12H2,1-2H3,(H,26,28)(H,27,31)(H,29,30)/t13-,19+/m1/s1. The molecule has 0 heterocycles. The highest BCUT2D eigenvalue weighted by atomic mass is 19.3. The number of methoxy groups -OCH3 is 1. The van der Waals surface area contributed by atoms with Crippen LogP contribution in [-0.4, -0.2) is 61.4 Å². The Kier molecular flexibility index (Phi) is 7.27. The van der Waals surface area contributed by atoms with E-state index in [4.69, 9.17) is 14.6 Å². The van der Waals surface area contributed by atoms with Crippen molar-refractivity contribution in [2.75, 3.05) is 20.3 Å². The number of benzene rings is 2. The Bertz CT molecular complexity index is 1000. The molecule has 3 rings (SSSR count). The monoisotopic (exact) mass is 462 g/mol. The van der Waals surface area contributed by atoms with Crippen LogP contribution < -0.4 is 10.6 Å². The molecule has 0 bridgehead atoms. The molecular weight excluding hydrogens is 438 g/mol. The Morgan fingerprint density at radius 1 is 1.06 bits per heavy atom. The summed E-state index contributed by atoms with van der Waals surface area (Å²) in [6.45, 7) is 0.0104. The summed E-state index contributed by atoms with van der Waals surface area (Å²) in [6, 6.07) is 14.1. The molecule has 2 atom stereocenters. The fourth-order valence-corrected chi connectivity index (χ4v) is 3.68. The van der Waals surface area contributed by atoms with Gasteiger partial charge in [-0.3, -0.25) is 4.79 Å². The number of nitrogens with one attached hydrogen (secondary N) is 2. The molecule has 176 valence electrons. The van der Waals surface area contributed by atoms with Crippen LogP contribution in [0.3, 0.4) is 0 Å². The Labute approximate surface area is 188 Å². The van der Waals surface area contributed by atoms with E-state index in [9.17, 15) is 23.2 Å². The molecule has 10 heteroatoms. The van der Waals surface area contributed by atoms with Crippen molar-refractivity contribution in [3.63, 3.8) is 0 Å². The van der Waals surface area contributed by atoms with Crippen LogP contribution >= 0.6 is 0 Å². The van der Waals surface area contributed by atoms with Gasteiger partial charge >= 0.3 is 18.0 Å². The number of amides is 2. The summed E-state index contributed by atoms with van der Waals surface area (Å²) in [4.78, 5) is 35.3. The van der Waals surface area contributed by atoms with Gasteiger partial charge in [0, 0.05) is 13.0 Å². The van der Waals surface area contributed by atoms with Gasteiger partial charge in [0.25, 0.3) is 0 Å². The van der Waals surface area contributed by atoms with Crippen molar-refractivity contribution in [1.29, 1.82) is 0 Å². The van der Waals surface area contributed by atoms with Crippen molar-refractivity contribution in [3.05, 3.63) is 59.7 Å². The number of halogens is 2. The average Bonchev–Trinajstić information content (AvgIpc) is 3.13. The average molecular weight is 462 g/mol. The molecule has 1 aliphatic rings. The minimum absolute atomic E-state index is 0.00729. The zero-order valence-corrected chi connectivity index (χ0v) is 18.0. The number of carboxylic acid groups (broad SMARTS) is 1. The van der Waals surface area contributed by atoms with Crippen molar-refractivity contribution in [3.8, 4) is 11.1 Å². The zero-order valence-electron chi connectivity index (χ0n) is 18.0. The van der Waals surface area contributed by atoms with Crippen molar-refractivity contribution in [2.24, 2.45) is 0 Å². The normalized spacial score (nSPS) is 14.5. The van der Waals surface area contributed by atoms with Crippen molar-refractivity contribution in [2.45, 2.75) is 30.9 Å². The van der Waals surface area contributed by atoms with Gasteiger partial charge < -0.3 is 25.2 Å². The van der Waals surface area contributed by atoms with E-state index in [0.717, 1.165) is 22.3 Å². The molecule has 33 heavy (non-hydrogen) atoms. The van der Waals surface area contributed by atoms with Crippen LogP contribution in [0.2, 0.25) is 0 Å². The van der Waals surface area contributed by atoms with Crippen LogP contribution in [0.15, 0.2) is 48.5 Å². The number of fused-ring (bicyclic) bond motifs is 3. The minimum Gasteiger partial charge on any atom is -0.477 e. The van der Waals surface area contributed by atoms with Gasteiger partial charge in [-0.05, 0) is 29.2 Å².